The lowest BCUT2D eigenvalue weighted by Gasteiger charge is -2.20. The van der Waals surface area contributed by atoms with Crippen molar-refractivity contribution in [2.24, 2.45) is 0 Å². The van der Waals surface area contributed by atoms with Crippen molar-refractivity contribution in [2.45, 2.75) is 30.8 Å². The highest BCUT2D eigenvalue weighted by atomic mass is 32.2. The summed E-state index contributed by atoms with van der Waals surface area (Å²) in [4.78, 5) is 12.2. The van der Waals surface area contributed by atoms with Crippen LogP contribution in [0.15, 0.2) is 35.2 Å². The molecule has 1 atom stereocenters. The van der Waals surface area contributed by atoms with Gasteiger partial charge in [0.2, 0.25) is 15.9 Å². The van der Waals surface area contributed by atoms with Crippen LogP contribution in [0, 0.1) is 0 Å². The molecule has 1 saturated heterocycles. The monoisotopic (exact) mass is 326 g/mol. The molecule has 0 aromatic heterocycles. The van der Waals surface area contributed by atoms with Crippen molar-refractivity contribution in [3.63, 3.8) is 0 Å². The summed E-state index contributed by atoms with van der Waals surface area (Å²) in [5.41, 5.74) is 0. The van der Waals surface area contributed by atoms with Gasteiger partial charge in [0.25, 0.3) is 0 Å². The second kappa shape index (κ2) is 7.71. The lowest BCUT2D eigenvalue weighted by Crippen LogP contribution is -2.42. The number of nitrogens with one attached hydrogen (secondary N) is 1. The number of hydrogen-bond acceptors (Lipinski definition) is 4. The van der Waals surface area contributed by atoms with Crippen molar-refractivity contribution < 1.29 is 17.9 Å². The highest BCUT2D eigenvalue weighted by Gasteiger charge is 2.25. The number of nitrogens with zero attached hydrogens (tertiary/aromatic N) is 1. The van der Waals surface area contributed by atoms with E-state index in [9.17, 15) is 13.2 Å². The topological polar surface area (TPSA) is 75.7 Å². The Balaban J connectivity index is 1.94. The second-order valence-corrected chi connectivity index (χ2v) is 7.12. The Bertz CT molecular complexity index is 583. The molecular weight excluding hydrogens is 304 g/mol. The third-order valence-corrected chi connectivity index (χ3v) is 5.54. The molecule has 1 aromatic carbocycles. The molecule has 7 heteroatoms. The average molecular weight is 326 g/mol. The second-order valence-electron chi connectivity index (χ2n) is 5.18. The first-order chi connectivity index (χ1) is 10.5. The zero-order valence-corrected chi connectivity index (χ0v) is 13.5. The molecule has 122 valence electrons. The summed E-state index contributed by atoms with van der Waals surface area (Å²) < 4.78 is 31.6. The van der Waals surface area contributed by atoms with Gasteiger partial charge in [0.1, 0.15) is 0 Å². The molecule has 1 fully saturated rings. The Morgan fingerprint density at radius 3 is 2.68 bits per heavy atom. The highest BCUT2D eigenvalue weighted by Crippen LogP contribution is 2.14. The van der Waals surface area contributed by atoms with Crippen molar-refractivity contribution in [2.75, 3.05) is 26.2 Å². The van der Waals surface area contributed by atoms with Crippen LogP contribution in [0.2, 0.25) is 0 Å². The highest BCUT2D eigenvalue weighted by molar-refractivity contribution is 7.89. The number of likely N-dealkylation sites (N-methyl/N-ethyl adjacent to an activating group) is 1. The van der Waals surface area contributed by atoms with Gasteiger partial charge in [-0.1, -0.05) is 25.1 Å². The first kappa shape index (κ1) is 16.9. The molecule has 1 amide bonds. The maximum Gasteiger partial charge on any atom is 0.243 e. The van der Waals surface area contributed by atoms with E-state index >= 15 is 0 Å². The van der Waals surface area contributed by atoms with Crippen LogP contribution in [0.5, 0.6) is 0 Å². The predicted octanol–water partition coefficient (Wildman–Crippen LogP) is 0.992. The SMILES string of the molecule is CCN(CC(=O)NC[C@@H]1CCCO1)S(=O)(=O)c1ccccc1. The first-order valence-electron chi connectivity index (χ1n) is 7.47. The molecular formula is C15H22N2O4S. The van der Waals surface area contributed by atoms with E-state index in [2.05, 4.69) is 5.32 Å². The summed E-state index contributed by atoms with van der Waals surface area (Å²) in [5, 5.41) is 2.74. The predicted molar refractivity (Wildman–Crippen MR) is 82.9 cm³/mol. The van der Waals surface area contributed by atoms with Gasteiger partial charge in [-0.3, -0.25) is 4.79 Å². The Labute approximate surface area is 131 Å². The maximum atomic E-state index is 12.5. The van der Waals surface area contributed by atoms with Crippen LogP contribution in [-0.2, 0) is 19.6 Å². The molecule has 1 heterocycles. The van der Waals surface area contributed by atoms with Crippen molar-refractivity contribution in [3.8, 4) is 0 Å². The molecule has 0 unspecified atom stereocenters. The molecule has 0 spiro atoms. The maximum absolute atomic E-state index is 12.5. The fourth-order valence-electron chi connectivity index (χ4n) is 2.36. The van der Waals surface area contributed by atoms with E-state index < -0.39 is 10.0 Å². The molecule has 2 rings (SSSR count). The lowest BCUT2D eigenvalue weighted by molar-refractivity contribution is -0.121. The van der Waals surface area contributed by atoms with Crippen molar-refractivity contribution >= 4 is 15.9 Å². The van der Waals surface area contributed by atoms with Crippen LogP contribution in [0.1, 0.15) is 19.8 Å². The smallest absolute Gasteiger partial charge is 0.243 e. The van der Waals surface area contributed by atoms with E-state index in [1.807, 2.05) is 0 Å². The van der Waals surface area contributed by atoms with E-state index in [1.165, 1.54) is 16.4 Å². The van der Waals surface area contributed by atoms with Crippen LogP contribution >= 0.6 is 0 Å². The molecule has 1 aromatic rings. The zero-order chi connectivity index (χ0) is 16.0. The normalized spacial score (nSPS) is 18.5. The number of ether oxygens (including phenoxy) is 1. The van der Waals surface area contributed by atoms with Crippen LogP contribution in [-0.4, -0.2) is 51.0 Å². The van der Waals surface area contributed by atoms with E-state index in [0.29, 0.717) is 6.54 Å². The number of sulfonamides is 1. The zero-order valence-electron chi connectivity index (χ0n) is 12.7. The largest absolute Gasteiger partial charge is 0.376 e. The Kier molecular flexibility index (Phi) is 5.93. The third kappa shape index (κ3) is 4.28. The van der Waals surface area contributed by atoms with E-state index in [1.54, 1.807) is 25.1 Å². The number of amides is 1. The fraction of sp³-hybridized carbons (Fsp3) is 0.533. The fourth-order valence-corrected chi connectivity index (χ4v) is 3.78. The number of carbonyl (C=O) groups excluding carboxylic acids is 1. The minimum absolute atomic E-state index is 0.0461. The Morgan fingerprint density at radius 2 is 2.09 bits per heavy atom. The quantitative estimate of drug-likeness (QED) is 0.811. The summed E-state index contributed by atoms with van der Waals surface area (Å²) in [6.45, 7) is 2.94. The number of hydrogen-bond donors (Lipinski definition) is 1. The van der Waals surface area contributed by atoms with Crippen LogP contribution in [0.3, 0.4) is 0 Å². The molecule has 0 saturated carbocycles. The summed E-state index contributed by atoms with van der Waals surface area (Å²) in [5.74, 6) is -0.308. The van der Waals surface area contributed by atoms with Crippen LogP contribution < -0.4 is 5.32 Å². The Morgan fingerprint density at radius 1 is 1.36 bits per heavy atom. The van der Waals surface area contributed by atoms with Gasteiger partial charge in [0, 0.05) is 19.7 Å². The molecule has 0 aliphatic carbocycles. The minimum Gasteiger partial charge on any atom is -0.376 e. The van der Waals surface area contributed by atoms with Crippen molar-refractivity contribution in [3.05, 3.63) is 30.3 Å². The number of carbonyl (C=O) groups is 1. The Hall–Kier alpha value is -1.44. The van der Waals surface area contributed by atoms with Gasteiger partial charge in [0.15, 0.2) is 0 Å². The standard InChI is InChI=1S/C15H22N2O4S/c1-2-17(22(19,20)14-8-4-3-5-9-14)12-15(18)16-11-13-7-6-10-21-13/h3-5,8-9,13H,2,6-7,10-12H2,1H3,(H,16,18)/t13-/m0/s1. The van der Waals surface area contributed by atoms with Gasteiger partial charge in [-0.25, -0.2) is 8.42 Å². The van der Waals surface area contributed by atoms with Crippen LogP contribution in [0.25, 0.3) is 0 Å². The van der Waals surface area contributed by atoms with Gasteiger partial charge in [-0.2, -0.15) is 4.31 Å². The van der Waals surface area contributed by atoms with Gasteiger partial charge in [-0.15, -0.1) is 0 Å². The van der Waals surface area contributed by atoms with Crippen molar-refractivity contribution in [1.29, 1.82) is 0 Å². The van der Waals surface area contributed by atoms with E-state index in [4.69, 9.17) is 4.74 Å². The molecule has 0 radical (unpaired) electrons. The summed E-state index contributed by atoms with van der Waals surface area (Å²) >= 11 is 0. The van der Waals surface area contributed by atoms with E-state index in [-0.39, 0.29) is 30.0 Å². The summed E-state index contributed by atoms with van der Waals surface area (Å²) in [6, 6.07) is 8.14. The summed E-state index contributed by atoms with van der Waals surface area (Å²) in [6.07, 6.45) is 1.98. The van der Waals surface area contributed by atoms with Crippen molar-refractivity contribution in [1.82, 2.24) is 9.62 Å². The molecule has 22 heavy (non-hydrogen) atoms. The average Bonchev–Trinajstić information content (AvgIpc) is 3.04. The molecule has 6 nitrogen and oxygen atoms in total. The summed E-state index contributed by atoms with van der Waals surface area (Å²) in [7, 11) is -3.64. The minimum atomic E-state index is -3.64. The van der Waals surface area contributed by atoms with Gasteiger partial charge >= 0.3 is 0 Å². The molecule has 0 bridgehead atoms. The van der Waals surface area contributed by atoms with Gasteiger partial charge in [0.05, 0.1) is 17.5 Å². The first-order valence-corrected chi connectivity index (χ1v) is 8.91. The lowest BCUT2D eigenvalue weighted by atomic mass is 10.2. The number of rotatable bonds is 7. The molecule has 1 aliphatic rings. The number of benzene rings is 1. The van der Waals surface area contributed by atoms with Gasteiger partial charge < -0.3 is 10.1 Å². The van der Waals surface area contributed by atoms with Gasteiger partial charge in [-0.05, 0) is 25.0 Å². The van der Waals surface area contributed by atoms with Crippen LogP contribution in [0.4, 0.5) is 0 Å². The molecule has 1 N–H and O–H groups in total. The third-order valence-electron chi connectivity index (χ3n) is 3.60. The molecule has 1 aliphatic heterocycles. The van der Waals surface area contributed by atoms with E-state index in [0.717, 1.165) is 19.4 Å².